The lowest BCUT2D eigenvalue weighted by molar-refractivity contribution is -0.130. The van der Waals surface area contributed by atoms with Crippen molar-refractivity contribution >= 4 is 17.7 Å². The number of rotatable bonds is 8. The van der Waals surface area contributed by atoms with Crippen LogP contribution >= 0.6 is 0 Å². The van der Waals surface area contributed by atoms with Crippen molar-refractivity contribution in [2.75, 3.05) is 13.2 Å². The Hall–Kier alpha value is -3.35. The van der Waals surface area contributed by atoms with Gasteiger partial charge in [-0.2, -0.15) is 0 Å². The normalized spacial score (nSPS) is 10.1. The van der Waals surface area contributed by atoms with Crippen LogP contribution in [0.4, 0.5) is 0 Å². The standard InChI is InChI=1S/C21H25N3O4/c1-15-10-11-18(13-16(15)2)28-14-20(26)24-23-19(25)9-6-12-22-21(27)17-7-4-3-5-8-17/h3-5,7-8,10-11,13H,6,9,12,14H2,1-2H3,(H,22,27)(H,23,25)(H,24,26). The zero-order chi connectivity index (χ0) is 20.4. The van der Waals surface area contributed by atoms with Crippen LogP contribution < -0.4 is 20.9 Å². The lowest BCUT2D eigenvalue weighted by Crippen LogP contribution is -2.44. The monoisotopic (exact) mass is 383 g/mol. The van der Waals surface area contributed by atoms with Gasteiger partial charge in [0.25, 0.3) is 11.8 Å². The highest BCUT2D eigenvalue weighted by atomic mass is 16.5. The zero-order valence-electron chi connectivity index (χ0n) is 16.1. The van der Waals surface area contributed by atoms with E-state index < -0.39 is 5.91 Å². The van der Waals surface area contributed by atoms with Crippen LogP contribution in [0, 0.1) is 13.8 Å². The average molecular weight is 383 g/mol. The number of nitrogens with one attached hydrogen (secondary N) is 3. The fraction of sp³-hybridized carbons (Fsp3) is 0.286. The third-order valence-corrected chi connectivity index (χ3v) is 4.09. The molecule has 0 bridgehead atoms. The van der Waals surface area contributed by atoms with Crippen LogP contribution in [0.5, 0.6) is 5.75 Å². The maximum absolute atomic E-state index is 11.9. The highest BCUT2D eigenvalue weighted by molar-refractivity contribution is 5.94. The zero-order valence-corrected chi connectivity index (χ0v) is 16.1. The minimum absolute atomic E-state index is 0.174. The molecule has 0 aromatic heterocycles. The van der Waals surface area contributed by atoms with Gasteiger partial charge in [0.05, 0.1) is 0 Å². The lowest BCUT2D eigenvalue weighted by Gasteiger charge is -2.10. The molecular weight excluding hydrogens is 358 g/mol. The van der Waals surface area contributed by atoms with Gasteiger partial charge in [-0.05, 0) is 55.7 Å². The molecule has 3 amide bonds. The molecular formula is C21H25N3O4. The molecule has 0 fully saturated rings. The molecule has 0 heterocycles. The van der Waals surface area contributed by atoms with Crippen LogP contribution in [0.2, 0.25) is 0 Å². The average Bonchev–Trinajstić information content (AvgIpc) is 2.71. The molecule has 28 heavy (non-hydrogen) atoms. The fourth-order valence-corrected chi connectivity index (χ4v) is 2.33. The molecule has 2 aromatic rings. The van der Waals surface area contributed by atoms with Gasteiger partial charge in [0, 0.05) is 18.5 Å². The highest BCUT2D eigenvalue weighted by Crippen LogP contribution is 2.16. The number of ether oxygens (including phenoxy) is 1. The van der Waals surface area contributed by atoms with Gasteiger partial charge in [-0.3, -0.25) is 25.2 Å². The van der Waals surface area contributed by atoms with Gasteiger partial charge in [0.1, 0.15) is 5.75 Å². The van der Waals surface area contributed by atoms with E-state index in [1.807, 2.05) is 32.0 Å². The van der Waals surface area contributed by atoms with Crippen molar-refractivity contribution in [1.29, 1.82) is 0 Å². The molecule has 0 saturated carbocycles. The van der Waals surface area contributed by atoms with Crippen molar-refractivity contribution in [3.8, 4) is 5.75 Å². The minimum atomic E-state index is -0.455. The molecule has 0 radical (unpaired) electrons. The number of benzene rings is 2. The molecule has 0 unspecified atom stereocenters. The summed E-state index contributed by atoms with van der Waals surface area (Å²) in [6.07, 6.45) is 0.632. The molecule has 2 rings (SSSR count). The fourth-order valence-electron chi connectivity index (χ4n) is 2.33. The van der Waals surface area contributed by atoms with E-state index in [-0.39, 0.29) is 24.8 Å². The molecule has 0 aliphatic carbocycles. The first-order valence-corrected chi connectivity index (χ1v) is 9.06. The third-order valence-electron chi connectivity index (χ3n) is 4.09. The van der Waals surface area contributed by atoms with Gasteiger partial charge in [0.2, 0.25) is 5.91 Å². The lowest BCUT2D eigenvalue weighted by atomic mass is 10.1. The molecule has 3 N–H and O–H groups in total. The summed E-state index contributed by atoms with van der Waals surface area (Å²) < 4.78 is 5.39. The number of hydrogen-bond acceptors (Lipinski definition) is 4. The summed E-state index contributed by atoms with van der Waals surface area (Å²) in [7, 11) is 0. The Balaban J connectivity index is 1.58. The van der Waals surface area contributed by atoms with Crippen LogP contribution in [0.25, 0.3) is 0 Å². The summed E-state index contributed by atoms with van der Waals surface area (Å²) in [6, 6.07) is 14.4. The first kappa shape index (κ1) is 21.0. The van der Waals surface area contributed by atoms with Gasteiger partial charge < -0.3 is 10.1 Å². The van der Waals surface area contributed by atoms with E-state index in [0.717, 1.165) is 11.1 Å². The number of carbonyl (C=O) groups excluding carboxylic acids is 3. The maximum Gasteiger partial charge on any atom is 0.276 e. The SMILES string of the molecule is Cc1ccc(OCC(=O)NNC(=O)CCCNC(=O)c2ccccc2)cc1C. The van der Waals surface area contributed by atoms with Gasteiger partial charge in [-0.1, -0.05) is 24.3 Å². The Morgan fingerprint density at radius 2 is 1.61 bits per heavy atom. The number of hydrazine groups is 1. The van der Waals surface area contributed by atoms with Crippen molar-refractivity contribution in [3.63, 3.8) is 0 Å². The van der Waals surface area contributed by atoms with Crippen LogP contribution in [0.1, 0.15) is 34.3 Å². The number of carbonyl (C=O) groups is 3. The van der Waals surface area contributed by atoms with Crippen molar-refractivity contribution < 1.29 is 19.1 Å². The van der Waals surface area contributed by atoms with E-state index in [2.05, 4.69) is 16.2 Å². The highest BCUT2D eigenvalue weighted by Gasteiger charge is 2.07. The van der Waals surface area contributed by atoms with Crippen LogP contribution in [0.3, 0.4) is 0 Å². The van der Waals surface area contributed by atoms with Crippen molar-refractivity contribution in [2.24, 2.45) is 0 Å². The van der Waals surface area contributed by atoms with E-state index in [1.165, 1.54) is 0 Å². The summed E-state index contributed by atoms with van der Waals surface area (Å²) in [5, 5.41) is 2.74. The molecule has 0 aliphatic rings. The third kappa shape index (κ3) is 7.11. The number of aryl methyl sites for hydroxylation is 2. The molecule has 0 aliphatic heterocycles. The number of amides is 3. The van der Waals surface area contributed by atoms with E-state index in [0.29, 0.717) is 24.3 Å². The first-order chi connectivity index (χ1) is 13.5. The predicted octanol–water partition coefficient (Wildman–Crippen LogP) is 2.04. The Kier molecular flexibility index (Phi) is 8.02. The Bertz CT molecular complexity index is 822. The molecule has 148 valence electrons. The molecule has 0 spiro atoms. The van der Waals surface area contributed by atoms with E-state index in [9.17, 15) is 14.4 Å². The summed E-state index contributed by atoms with van der Waals surface area (Å²) in [5.41, 5.74) is 7.42. The summed E-state index contributed by atoms with van der Waals surface area (Å²) >= 11 is 0. The van der Waals surface area contributed by atoms with Crippen molar-refractivity contribution in [1.82, 2.24) is 16.2 Å². The molecule has 7 heteroatoms. The second kappa shape index (κ2) is 10.7. The smallest absolute Gasteiger partial charge is 0.276 e. The molecule has 2 aromatic carbocycles. The Morgan fingerprint density at radius 3 is 2.32 bits per heavy atom. The summed E-state index contributed by atoms with van der Waals surface area (Å²) in [6.45, 7) is 4.13. The minimum Gasteiger partial charge on any atom is -0.484 e. The van der Waals surface area contributed by atoms with Crippen LogP contribution in [-0.4, -0.2) is 30.9 Å². The summed E-state index contributed by atoms with van der Waals surface area (Å²) in [5.74, 6) is -0.381. The van der Waals surface area contributed by atoms with Crippen molar-refractivity contribution in [2.45, 2.75) is 26.7 Å². The molecule has 0 saturated heterocycles. The van der Waals surface area contributed by atoms with Gasteiger partial charge in [-0.15, -0.1) is 0 Å². The van der Waals surface area contributed by atoms with Gasteiger partial charge in [-0.25, -0.2) is 0 Å². The second-order valence-electron chi connectivity index (χ2n) is 6.36. The predicted molar refractivity (Wildman–Crippen MR) is 106 cm³/mol. The molecule has 7 nitrogen and oxygen atoms in total. The largest absolute Gasteiger partial charge is 0.484 e. The molecule has 0 atom stereocenters. The van der Waals surface area contributed by atoms with E-state index >= 15 is 0 Å². The van der Waals surface area contributed by atoms with Gasteiger partial charge >= 0.3 is 0 Å². The second-order valence-corrected chi connectivity index (χ2v) is 6.36. The quantitative estimate of drug-likeness (QED) is 0.480. The first-order valence-electron chi connectivity index (χ1n) is 9.06. The topological polar surface area (TPSA) is 96.5 Å². The van der Waals surface area contributed by atoms with Crippen molar-refractivity contribution in [3.05, 3.63) is 65.2 Å². The van der Waals surface area contributed by atoms with E-state index in [4.69, 9.17) is 4.74 Å². The van der Waals surface area contributed by atoms with Crippen LogP contribution in [-0.2, 0) is 9.59 Å². The maximum atomic E-state index is 11.9. The van der Waals surface area contributed by atoms with Gasteiger partial charge in [0.15, 0.2) is 6.61 Å². The van der Waals surface area contributed by atoms with E-state index in [1.54, 1.807) is 30.3 Å². The Morgan fingerprint density at radius 1 is 0.893 bits per heavy atom. The summed E-state index contributed by atoms with van der Waals surface area (Å²) in [4.78, 5) is 35.3. The number of hydrogen-bond donors (Lipinski definition) is 3. The van der Waals surface area contributed by atoms with Crippen LogP contribution in [0.15, 0.2) is 48.5 Å². The Labute approximate surface area is 164 Å².